The summed E-state index contributed by atoms with van der Waals surface area (Å²) in [5.74, 6) is 1.86. The first-order valence-corrected chi connectivity index (χ1v) is 11.1. The fourth-order valence-electron chi connectivity index (χ4n) is 3.18. The number of aliphatic hydroxyl groups is 1. The number of nitrogens with zero attached hydrogens (tertiary/aromatic N) is 3. The maximum absolute atomic E-state index is 10.4. The molecule has 0 fully saturated rings. The first kappa shape index (κ1) is 22.8. The summed E-state index contributed by atoms with van der Waals surface area (Å²) >= 11 is 0. The molecule has 5 nitrogen and oxygen atoms in total. The second kappa shape index (κ2) is 9.26. The largest absolute Gasteiger partial charge is 0.427 e. The summed E-state index contributed by atoms with van der Waals surface area (Å²) in [6.45, 7) is 7.29. The van der Waals surface area contributed by atoms with E-state index in [0.29, 0.717) is 25.0 Å². The predicted molar refractivity (Wildman–Crippen MR) is 134 cm³/mol. The minimum Gasteiger partial charge on any atom is -0.427 e. The van der Waals surface area contributed by atoms with Crippen molar-refractivity contribution in [2.75, 3.05) is 0 Å². The van der Waals surface area contributed by atoms with E-state index in [1.807, 2.05) is 98.8 Å². The summed E-state index contributed by atoms with van der Waals surface area (Å²) < 4.78 is 6.05. The standard InChI is InChI=1S/C27H28BN3O2/c1-26(2,32)27(3,4)33-28-22-17-11-16-21(18-22)25-30-23(19-12-7-5-8-13-19)29-24(31-25)20-14-9-6-10-15-20/h5-18,28,32H,1-4H3. The fraction of sp³-hybridized carbons (Fsp3) is 0.222. The topological polar surface area (TPSA) is 68.1 Å². The van der Waals surface area contributed by atoms with Gasteiger partial charge in [0.05, 0.1) is 11.2 Å². The predicted octanol–water partition coefficient (Wildman–Crippen LogP) is 4.42. The Hall–Kier alpha value is -3.35. The third-order valence-electron chi connectivity index (χ3n) is 5.96. The van der Waals surface area contributed by atoms with Crippen molar-refractivity contribution in [3.05, 3.63) is 84.9 Å². The molecule has 0 atom stereocenters. The van der Waals surface area contributed by atoms with E-state index < -0.39 is 11.2 Å². The van der Waals surface area contributed by atoms with Crippen molar-refractivity contribution >= 4 is 12.9 Å². The van der Waals surface area contributed by atoms with Gasteiger partial charge < -0.3 is 9.76 Å². The maximum atomic E-state index is 10.4. The molecule has 0 spiro atoms. The van der Waals surface area contributed by atoms with Crippen LogP contribution in [0.15, 0.2) is 84.9 Å². The van der Waals surface area contributed by atoms with E-state index in [9.17, 15) is 5.11 Å². The van der Waals surface area contributed by atoms with Gasteiger partial charge in [0.15, 0.2) is 17.5 Å². The van der Waals surface area contributed by atoms with Crippen molar-refractivity contribution in [2.45, 2.75) is 38.9 Å². The zero-order valence-corrected chi connectivity index (χ0v) is 19.5. The second-order valence-electron chi connectivity index (χ2n) is 9.10. The normalized spacial score (nSPS) is 11.9. The van der Waals surface area contributed by atoms with Gasteiger partial charge in [-0.25, -0.2) is 15.0 Å². The van der Waals surface area contributed by atoms with Crippen LogP contribution in [-0.4, -0.2) is 38.7 Å². The van der Waals surface area contributed by atoms with Crippen molar-refractivity contribution in [3.8, 4) is 34.2 Å². The molecule has 1 aromatic heterocycles. The molecule has 0 bridgehead atoms. The highest BCUT2D eigenvalue weighted by Crippen LogP contribution is 2.25. The Bertz CT molecular complexity index is 1170. The first-order valence-electron chi connectivity index (χ1n) is 11.1. The highest BCUT2D eigenvalue weighted by Gasteiger charge is 2.35. The van der Waals surface area contributed by atoms with E-state index in [1.54, 1.807) is 13.8 Å². The summed E-state index contributed by atoms with van der Waals surface area (Å²) in [5.41, 5.74) is 2.07. The Labute approximate surface area is 195 Å². The maximum Gasteiger partial charge on any atom is 0.309 e. The Kier molecular flexibility index (Phi) is 6.41. The van der Waals surface area contributed by atoms with Crippen molar-refractivity contribution in [1.29, 1.82) is 0 Å². The smallest absolute Gasteiger partial charge is 0.309 e. The molecule has 33 heavy (non-hydrogen) atoms. The van der Waals surface area contributed by atoms with E-state index in [4.69, 9.17) is 19.6 Å². The molecule has 1 heterocycles. The van der Waals surface area contributed by atoms with E-state index in [-0.39, 0.29) is 0 Å². The minimum atomic E-state index is -0.964. The number of benzene rings is 3. The lowest BCUT2D eigenvalue weighted by Gasteiger charge is -2.37. The Balaban J connectivity index is 1.72. The minimum absolute atomic E-state index is 0.368. The molecule has 3 aromatic carbocycles. The van der Waals surface area contributed by atoms with Crippen LogP contribution in [0.25, 0.3) is 34.2 Å². The Morgan fingerprint density at radius 1 is 0.636 bits per heavy atom. The SMILES string of the molecule is CC(C)(O)C(C)(C)OBc1cccc(-c2nc(-c3ccccc3)nc(-c3ccccc3)n2)c1. The summed E-state index contributed by atoms with van der Waals surface area (Å²) in [4.78, 5) is 14.3. The first-order chi connectivity index (χ1) is 15.7. The van der Waals surface area contributed by atoms with Gasteiger partial charge in [0.25, 0.3) is 0 Å². The van der Waals surface area contributed by atoms with Gasteiger partial charge in [-0.3, -0.25) is 0 Å². The Morgan fingerprint density at radius 2 is 1.09 bits per heavy atom. The average molecular weight is 437 g/mol. The molecule has 4 aromatic rings. The van der Waals surface area contributed by atoms with Gasteiger partial charge in [0.2, 0.25) is 0 Å². The van der Waals surface area contributed by atoms with Gasteiger partial charge >= 0.3 is 7.48 Å². The highest BCUT2D eigenvalue weighted by molar-refractivity contribution is 6.47. The molecular formula is C27H28BN3O2. The van der Waals surface area contributed by atoms with Crippen LogP contribution in [0.1, 0.15) is 27.7 Å². The number of hydrogen-bond donors (Lipinski definition) is 1. The molecule has 0 aliphatic carbocycles. The van der Waals surface area contributed by atoms with Crippen LogP contribution < -0.4 is 5.46 Å². The summed E-state index contributed by atoms with van der Waals surface area (Å²) in [6, 6.07) is 27.8. The lowest BCUT2D eigenvalue weighted by atomic mass is 9.82. The molecule has 0 radical (unpaired) electrons. The van der Waals surface area contributed by atoms with Crippen LogP contribution in [0.5, 0.6) is 0 Å². The van der Waals surface area contributed by atoms with Gasteiger partial charge in [-0.05, 0) is 27.7 Å². The molecule has 0 aliphatic heterocycles. The van der Waals surface area contributed by atoms with E-state index in [0.717, 1.165) is 22.2 Å². The third-order valence-corrected chi connectivity index (χ3v) is 5.96. The van der Waals surface area contributed by atoms with Gasteiger partial charge in [-0.1, -0.05) is 90.4 Å². The summed E-state index contributed by atoms with van der Waals surface area (Å²) in [6.07, 6.45) is 0. The van der Waals surface area contributed by atoms with Crippen LogP contribution in [0.4, 0.5) is 0 Å². The third kappa shape index (κ3) is 5.36. The van der Waals surface area contributed by atoms with Crippen LogP contribution in [0.3, 0.4) is 0 Å². The van der Waals surface area contributed by atoms with Crippen LogP contribution in [-0.2, 0) is 4.65 Å². The van der Waals surface area contributed by atoms with Gasteiger partial charge in [0.1, 0.15) is 0 Å². The van der Waals surface area contributed by atoms with Crippen LogP contribution in [0, 0.1) is 0 Å². The van der Waals surface area contributed by atoms with Crippen LogP contribution in [0.2, 0.25) is 0 Å². The number of hydrogen-bond acceptors (Lipinski definition) is 5. The van der Waals surface area contributed by atoms with E-state index >= 15 is 0 Å². The lowest BCUT2D eigenvalue weighted by molar-refractivity contribution is -0.0893. The van der Waals surface area contributed by atoms with Crippen molar-refractivity contribution in [3.63, 3.8) is 0 Å². The lowest BCUT2D eigenvalue weighted by Crippen LogP contribution is -2.49. The van der Waals surface area contributed by atoms with E-state index in [2.05, 4.69) is 0 Å². The van der Waals surface area contributed by atoms with Crippen molar-refractivity contribution < 1.29 is 9.76 Å². The molecule has 166 valence electrons. The Morgan fingerprint density at radius 3 is 1.58 bits per heavy atom. The van der Waals surface area contributed by atoms with Crippen molar-refractivity contribution in [2.24, 2.45) is 0 Å². The quantitative estimate of drug-likeness (QED) is 0.434. The number of rotatable bonds is 7. The second-order valence-corrected chi connectivity index (χ2v) is 9.10. The molecule has 0 amide bonds. The highest BCUT2D eigenvalue weighted by atomic mass is 16.5. The van der Waals surface area contributed by atoms with Crippen molar-refractivity contribution in [1.82, 2.24) is 15.0 Å². The van der Waals surface area contributed by atoms with E-state index in [1.165, 1.54) is 0 Å². The molecule has 0 saturated carbocycles. The molecule has 0 saturated heterocycles. The van der Waals surface area contributed by atoms with Crippen LogP contribution >= 0.6 is 0 Å². The monoisotopic (exact) mass is 437 g/mol. The zero-order valence-electron chi connectivity index (χ0n) is 19.5. The number of aromatic nitrogens is 3. The zero-order chi connectivity index (χ0) is 23.5. The summed E-state index contributed by atoms with van der Waals surface area (Å²) in [7, 11) is 0.368. The molecule has 1 N–H and O–H groups in total. The van der Waals surface area contributed by atoms with Gasteiger partial charge in [0, 0.05) is 16.7 Å². The molecule has 4 rings (SSSR count). The summed E-state index contributed by atoms with van der Waals surface area (Å²) in [5, 5.41) is 10.4. The fourth-order valence-corrected chi connectivity index (χ4v) is 3.18. The molecule has 6 heteroatoms. The molecule has 0 unspecified atom stereocenters. The molecule has 0 aliphatic rings. The average Bonchev–Trinajstić information content (AvgIpc) is 2.83. The molecular weight excluding hydrogens is 409 g/mol. The van der Waals surface area contributed by atoms with Gasteiger partial charge in [-0.15, -0.1) is 0 Å². The van der Waals surface area contributed by atoms with Gasteiger partial charge in [-0.2, -0.15) is 0 Å².